The van der Waals surface area contributed by atoms with Gasteiger partial charge in [-0.25, -0.2) is 8.42 Å². The summed E-state index contributed by atoms with van der Waals surface area (Å²) in [5, 5.41) is 2.91. The van der Waals surface area contributed by atoms with Crippen molar-refractivity contribution in [3.8, 4) is 11.5 Å². The number of ether oxygens (including phenoxy) is 2. The van der Waals surface area contributed by atoms with Gasteiger partial charge in [-0.3, -0.25) is 4.79 Å². The zero-order valence-corrected chi connectivity index (χ0v) is 19.8. The molecule has 0 unspecified atom stereocenters. The Hall–Kier alpha value is -2.58. The zero-order chi connectivity index (χ0) is 23.1. The van der Waals surface area contributed by atoms with Gasteiger partial charge in [0.15, 0.2) is 0 Å². The molecule has 7 nitrogen and oxygen atoms in total. The van der Waals surface area contributed by atoms with Crippen LogP contribution in [0.1, 0.15) is 44.2 Å². The molecule has 0 bridgehead atoms. The molecule has 0 radical (unpaired) electrons. The topological polar surface area (TPSA) is 84.9 Å². The van der Waals surface area contributed by atoms with Gasteiger partial charge in [-0.2, -0.15) is 4.31 Å². The highest BCUT2D eigenvalue weighted by Crippen LogP contribution is 2.27. The van der Waals surface area contributed by atoms with E-state index >= 15 is 0 Å². The number of hydrogen-bond donors (Lipinski definition) is 1. The first-order valence-corrected chi connectivity index (χ1v) is 12.4. The van der Waals surface area contributed by atoms with Crippen LogP contribution in [-0.2, 0) is 27.8 Å². The summed E-state index contributed by atoms with van der Waals surface area (Å²) in [6.07, 6.45) is 2.50. The van der Waals surface area contributed by atoms with Gasteiger partial charge in [-0.1, -0.05) is 12.1 Å². The Morgan fingerprint density at radius 1 is 1.09 bits per heavy atom. The maximum atomic E-state index is 12.9. The molecule has 32 heavy (non-hydrogen) atoms. The van der Waals surface area contributed by atoms with Crippen molar-refractivity contribution >= 4 is 15.9 Å². The first-order chi connectivity index (χ1) is 15.3. The quantitative estimate of drug-likeness (QED) is 0.586. The Balaban J connectivity index is 1.58. The van der Waals surface area contributed by atoms with Gasteiger partial charge in [-0.05, 0) is 74.6 Å². The van der Waals surface area contributed by atoms with Crippen LogP contribution in [0.3, 0.4) is 0 Å². The SMILES string of the molecule is COc1ccc(S(=O)(=O)N2CCCC2)cc1CCC(=O)NCc1ccc(OC(C)C)cc1. The zero-order valence-electron chi connectivity index (χ0n) is 19.0. The number of nitrogens with zero attached hydrogens (tertiary/aromatic N) is 1. The minimum absolute atomic E-state index is 0.109. The summed E-state index contributed by atoms with van der Waals surface area (Å²) in [5.74, 6) is 1.27. The standard InChI is InChI=1S/C24H32N2O5S/c1-18(2)31-21-9-6-19(7-10-21)17-25-24(27)13-8-20-16-22(11-12-23(20)30-3)32(28,29)26-14-4-5-15-26/h6-7,9-12,16,18H,4-5,8,13-15,17H2,1-3H3,(H,25,27). The average molecular weight is 461 g/mol. The van der Waals surface area contributed by atoms with Crippen molar-refractivity contribution in [3.05, 3.63) is 53.6 Å². The maximum Gasteiger partial charge on any atom is 0.243 e. The molecule has 0 spiro atoms. The summed E-state index contributed by atoms with van der Waals surface area (Å²) in [4.78, 5) is 12.6. The molecular weight excluding hydrogens is 428 g/mol. The number of rotatable bonds is 10. The third-order valence-electron chi connectivity index (χ3n) is 5.36. The van der Waals surface area contributed by atoms with Gasteiger partial charge in [-0.15, -0.1) is 0 Å². The third kappa shape index (κ3) is 6.23. The first kappa shape index (κ1) is 24.1. The van der Waals surface area contributed by atoms with Crippen molar-refractivity contribution in [2.45, 2.75) is 57.1 Å². The Bertz CT molecular complexity index is 1010. The number of carbonyl (C=O) groups excluding carboxylic acids is 1. The maximum absolute atomic E-state index is 12.9. The van der Waals surface area contributed by atoms with Crippen LogP contribution in [0.15, 0.2) is 47.4 Å². The highest BCUT2D eigenvalue weighted by Gasteiger charge is 2.27. The Morgan fingerprint density at radius 3 is 2.41 bits per heavy atom. The van der Waals surface area contributed by atoms with Crippen molar-refractivity contribution in [1.29, 1.82) is 0 Å². The predicted octanol–water partition coefficient (Wildman–Crippen LogP) is 3.52. The van der Waals surface area contributed by atoms with Crippen molar-refractivity contribution in [2.24, 2.45) is 0 Å². The summed E-state index contributed by atoms with van der Waals surface area (Å²) >= 11 is 0. The molecule has 0 atom stereocenters. The van der Waals surface area contributed by atoms with Crippen molar-refractivity contribution in [1.82, 2.24) is 9.62 Å². The van der Waals surface area contributed by atoms with Crippen molar-refractivity contribution < 1.29 is 22.7 Å². The molecule has 1 fully saturated rings. The smallest absolute Gasteiger partial charge is 0.243 e. The highest BCUT2D eigenvalue weighted by atomic mass is 32.2. The fourth-order valence-corrected chi connectivity index (χ4v) is 5.25. The lowest BCUT2D eigenvalue weighted by molar-refractivity contribution is -0.121. The van der Waals surface area contributed by atoms with Crippen molar-refractivity contribution in [2.75, 3.05) is 20.2 Å². The lowest BCUT2D eigenvalue weighted by Gasteiger charge is -2.17. The number of carbonyl (C=O) groups is 1. The van der Waals surface area contributed by atoms with E-state index in [0.29, 0.717) is 37.4 Å². The van der Waals surface area contributed by atoms with Crippen molar-refractivity contribution in [3.63, 3.8) is 0 Å². The van der Waals surface area contributed by atoms with Crippen LogP contribution < -0.4 is 14.8 Å². The van der Waals surface area contributed by atoms with E-state index in [1.54, 1.807) is 25.3 Å². The Kier molecular flexibility index (Phi) is 8.15. The molecule has 1 saturated heterocycles. The predicted molar refractivity (Wildman–Crippen MR) is 123 cm³/mol. The van der Waals surface area contributed by atoms with Crippen LogP contribution in [0.5, 0.6) is 11.5 Å². The summed E-state index contributed by atoms with van der Waals surface area (Å²) in [5.41, 5.74) is 1.68. The number of benzene rings is 2. The van der Waals surface area contributed by atoms with E-state index in [9.17, 15) is 13.2 Å². The van der Waals surface area contributed by atoms with Crippen LogP contribution in [0, 0.1) is 0 Å². The van der Waals surface area contributed by atoms with E-state index in [1.165, 1.54) is 4.31 Å². The van der Waals surface area contributed by atoms with E-state index < -0.39 is 10.0 Å². The number of hydrogen-bond acceptors (Lipinski definition) is 5. The van der Waals surface area contributed by atoms with E-state index in [1.807, 2.05) is 38.1 Å². The number of sulfonamides is 1. The largest absolute Gasteiger partial charge is 0.496 e. The van der Waals surface area contributed by atoms with Gasteiger partial charge in [0.1, 0.15) is 11.5 Å². The summed E-state index contributed by atoms with van der Waals surface area (Å²) in [7, 11) is -1.97. The van der Waals surface area contributed by atoms with Gasteiger partial charge in [0, 0.05) is 26.1 Å². The molecule has 8 heteroatoms. The molecule has 0 saturated carbocycles. The van der Waals surface area contributed by atoms with E-state index in [-0.39, 0.29) is 23.3 Å². The van der Waals surface area contributed by atoms with Gasteiger partial charge in [0.25, 0.3) is 0 Å². The molecule has 1 aliphatic heterocycles. The third-order valence-corrected chi connectivity index (χ3v) is 7.26. The first-order valence-electron chi connectivity index (χ1n) is 11.0. The second-order valence-corrected chi connectivity index (χ2v) is 10.1. The molecule has 1 N–H and O–H groups in total. The van der Waals surface area contributed by atoms with E-state index in [2.05, 4.69) is 5.32 Å². The van der Waals surface area contributed by atoms with Crippen LogP contribution in [0.25, 0.3) is 0 Å². The van der Waals surface area contributed by atoms with Gasteiger partial charge in [0.05, 0.1) is 18.1 Å². The molecule has 0 aliphatic carbocycles. The summed E-state index contributed by atoms with van der Waals surface area (Å²) < 4.78 is 38.3. The van der Waals surface area contributed by atoms with E-state index in [4.69, 9.17) is 9.47 Å². The molecule has 3 rings (SSSR count). The number of aryl methyl sites for hydroxylation is 1. The summed E-state index contributed by atoms with van der Waals surface area (Å²) in [6, 6.07) is 12.5. The fourth-order valence-electron chi connectivity index (χ4n) is 3.68. The van der Waals surface area contributed by atoms with Crippen LogP contribution in [0.4, 0.5) is 0 Å². The minimum atomic E-state index is -3.52. The molecule has 2 aromatic carbocycles. The molecule has 1 aliphatic rings. The average Bonchev–Trinajstić information content (AvgIpc) is 3.32. The monoisotopic (exact) mass is 460 g/mol. The normalized spacial score (nSPS) is 14.5. The summed E-state index contributed by atoms with van der Waals surface area (Å²) in [6.45, 7) is 5.47. The van der Waals surface area contributed by atoms with Gasteiger partial charge in [0.2, 0.25) is 15.9 Å². The van der Waals surface area contributed by atoms with Crippen LogP contribution >= 0.6 is 0 Å². The molecular formula is C24H32N2O5S. The fraction of sp³-hybridized carbons (Fsp3) is 0.458. The van der Waals surface area contributed by atoms with Crippen LogP contribution in [0.2, 0.25) is 0 Å². The Morgan fingerprint density at radius 2 is 1.78 bits per heavy atom. The second kappa shape index (κ2) is 10.8. The molecule has 174 valence electrons. The van der Waals surface area contributed by atoms with Crippen LogP contribution in [-0.4, -0.2) is 44.9 Å². The number of methoxy groups -OCH3 is 1. The van der Waals surface area contributed by atoms with Gasteiger partial charge < -0.3 is 14.8 Å². The molecule has 1 heterocycles. The number of nitrogens with one attached hydrogen (secondary N) is 1. The Labute approximate surface area is 190 Å². The molecule has 1 amide bonds. The molecule has 2 aromatic rings. The lowest BCUT2D eigenvalue weighted by atomic mass is 10.1. The lowest BCUT2D eigenvalue weighted by Crippen LogP contribution is -2.28. The van der Waals surface area contributed by atoms with Gasteiger partial charge >= 0.3 is 0 Å². The highest BCUT2D eigenvalue weighted by molar-refractivity contribution is 7.89. The van der Waals surface area contributed by atoms with E-state index in [0.717, 1.165) is 24.2 Å². The molecule has 0 aromatic heterocycles. The second-order valence-electron chi connectivity index (χ2n) is 8.17. The minimum Gasteiger partial charge on any atom is -0.496 e. The number of amides is 1.